The van der Waals surface area contributed by atoms with Gasteiger partial charge in [0.25, 0.3) is 0 Å². The van der Waals surface area contributed by atoms with E-state index in [0.29, 0.717) is 49.4 Å². The molecule has 0 aromatic carbocycles. The van der Waals surface area contributed by atoms with Crippen molar-refractivity contribution >= 4 is 17.3 Å². The highest BCUT2D eigenvalue weighted by Crippen LogP contribution is 2.68. The van der Waals surface area contributed by atoms with Gasteiger partial charge in [-0.2, -0.15) is 0 Å². The van der Waals surface area contributed by atoms with Crippen LogP contribution in [0.15, 0.2) is 0 Å². The minimum atomic E-state index is -1.66. The second-order valence-corrected chi connectivity index (χ2v) is 15.6. The maximum Gasteiger partial charge on any atom is 0.163 e. The van der Waals surface area contributed by atoms with E-state index in [2.05, 4.69) is 62.3 Å². The third kappa shape index (κ3) is 6.41. The molecule has 4 nitrogen and oxygen atoms in total. The van der Waals surface area contributed by atoms with Crippen molar-refractivity contribution in [3.8, 4) is 0 Å². The quantitative estimate of drug-likeness (QED) is 0.209. The van der Waals surface area contributed by atoms with Crippen LogP contribution in [0.3, 0.4) is 0 Å². The number of fused-ring (bicyclic) bond motifs is 2. The molecule has 2 aliphatic carbocycles. The molecule has 6 unspecified atom stereocenters. The molecule has 6 atom stereocenters. The van der Waals surface area contributed by atoms with Gasteiger partial charge in [-0.1, -0.05) is 102 Å². The van der Waals surface area contributed by atoms with Gasteiger partial charge in [-0.3, -0.25) is 14.4 Å². The van der Waals surface area contributed by atoms with Crippen LogP contribution < -0.4 is 0 Å². The predicted molar refractivity (Wildman–Crippen MR) is 161 cm³/mol. The van der Waals surface area contributed by atoms with E-state index in [-0.39, 0.29) is 23.3 Å². The molecule has 0 aromatic rings. The third-order valence-electron chi connectivity index (χ3n) is 10.5. The molecule has 0 aliphatic heterocycles. The van der Waals surface area contributed by atoms with E-state index in [1.54, 1.807) is 0 Å². The number of carbonyl (C=O) groups excluding carboxylic acids is 3. The van der Waals surface area contributed by atoms with Crippen molar-refractivity contribution in [3.63, 3.8) is 0 Å². The smallest absolute Gasteiger partial charge is 0.163 e. The van der Waals surface area contributed by atoms with Crippen LogP contribution in [0, 0.1) is 57.7 Å². The van der Waals surface area contributed by atoms with Gasteiger partial charge in [-0.05, 0) is 73.5 Å². The second-order valence-electron chi connectivity index (χ2n) is 15.6. The van der Waals surface area contributed by atoms with Crippen LogP contribution in [-0.4, -0.2) is 28.6 Å². The van der Waals surface area contributed by atoms with E-state index >= 15 is 4.79 Å². The van der Waals surface area contributed by atoms with E-state index < -0.39 is 34.2 Å². The molecular formula is C35H62O4. The zero-order valence-corrected chi connectivity index (χ0v) is 27.4. The Bertz CT molecular complexity index is 855. The Balaban J connectivity index is 2.89. The number of carbonyl (C=O) groups is 3. The summed E-state index contributed by atoms with van der Waals surface area (Å²) in [6.07, 6.45) is 6.79. The first-order valence-electron chi connectivity index (χ1n) is 16.3. The molecule has 0 saturated heterocycles. The second kappa shape index (κ2) is 13.3. The topological polar surface area (TPSA) is 71.4 Å². The normalized spacial score (nSPS) is 33.3. The van der Waals surface area contributed by atoms with Crippen LogP contribution in [0.1, 0.15) is 140 Å². The molecule has 1 N–H and O–H groups in total. The number of hydrogen-bond acceptors (Lipinski definition) is 4. The zero-order chi connectivity index (χ0) is 29.9. The standard InChI is InChI=1S/C35H62O4/c1-22(2)13-12-19-33(11)27(16-14-23(3)4)21-34(20-18-25(7)8)30(37)28(17-15-24(5)6)31(38)35(33,32(34)39)29(36)26(9)10/h22-28,30,37H,12-21H2,1-11H3. The molecule has 2 bridgehead atoms. The molecule has 2 saturated carbocycles. The van der Waals surface area contributed by atoms with Gasteiger partial charge < -0.3 is 5.11 Å². The maximum atomic E-state index is 15.1. The lowest BCUT2D eigenvalue weighted by atomic mass is 9.35. The molecule has 0 radical (unpaired) electrons. The minimum absolute atomic E-state index is 0.0456. The molecule has 0 aromatic heterocycles. The molecule has 226 valence electrons. The Labute approximate surface area is 240 Å². The zero-order valence-electron chi connectivity index (χ0n) is 27.4. The number of aliphatic hydroxyl groups is 1. The van der Waals surface area contributed by atoms with Gasteiger partial charge in [-0.15, -0.1) is 0 Å². The van der Waals surface area contributed by atoms with Crippen molar-refractivity contribution < 1.29 is 19.5 Å². The summed E-state index contributed by atoms with van der Waals surface area (Å²) in [4.78, 5) is 44.6. The molecule has 0 amide bonds. The Morgan fingerprint density at radius 1 is 0.795 bits per heavy atom. The number of rotatable bonds is 15. The summed E-state index contributed by atoms with van der Waals surface area (Å²) in [6, 6.07) is 0. The van der Waals surface area contributed by atoms with E-state index in [9.17, 15) is 14.7 Å². The van der Waals surface area contributed by atoms with Gasteiger partial charge in [0.1, 0.15) is 0 Å². The summed E-state index contributed by atoms with van der Waals surface area (Å²) in [7, 11) is 0. The fraction of sp³-hybridized carbons (Fsp3) is 0.914. The summed E-state index contributed by atoms with van der Waals surface area (Å²) >= 11 is 0. The van der Waals surface area contributed by atoms with Crippen molar-refractivity contribution in [2.75, 3.05) is 0 Å². The minimum Gasteiger partial charge on any atom is -0.391 e. The number of aliphatic hydroxyl groups excluding tert-OH is 1. The molecule has 2 rings (SSSR count). The van der Waals surface area contributed by atoms with Gasteiger partial charge in [0.05, 0.1) is 11.5 Å². The highest BCUT2D eigenvalue weighted by Gasteiger charge is 2.77. The highest BCUT2D eigenvalue weighted by molar-refractivity contribution is 6.29. The van der Waals surface area contributed by atoms with Crippen LogP contribution in [0.5, 0.6) is 0 Å². The molecule has 0 heterocycles. The van der Waals surface area contributed by atoms with E-state index in [4.69, 9.17) is 0 Å². The van der Waals surface area contributed by atoms with Gasteiger partial charge in [0.15, 0.2) is 22.8 Å². The van der Waals surface area contributed by atoms with Crippen LogP contribution in [-0.2, 0) is 14.4 Å². The van der Waals surface area contributed by atoms with Crippen LogP contribution >= 0.6 is 0 Å². The van der Waals surface area contributed by atoms with Crippen molar-refractivity contribution in [1.82, 2.24) is 0 Å². The van der Waals surface area contributed by atoms with Gasteiger partial charge in [-0.25, -0.2) is 0 Å². The highest BCUT2D eigenvalue weighted by atomic mass is 16.3. The number of ketones is 3. The van der Waals surface area contributed by atoms with E-state index in [0.717, 1.165) is 38.5 Å². The van der Waals surface area contributed by atoms with Gasteiger partial charge in [0.2, 0.25) is 0 Å². The fourth-order valence-electron chi connectivity index (χ4n) is 8.04. The Morgan fingerprint density at radius 2 is 1.31 bits per heavy atom. The molecule has 0 spiro atoms. The lowest BCUT2D eigenvalue weighted by Crippen LogP contribution is -2.76. The van der Waals surface area contributed by atoms with E-state index in [1.165, 1.54) is 0 Å². The van der Waals surface area contributed by atoms with E-state index in [1.807, 2.05) is 13.8 Å². The Morgan fingerprint density at radius 3 is 1.79 bits per heavy atom. The summed E-state index contributed by atoms with van der Waals surface area (Å²) in [5, 5.41) is 12.1. The summed E-state index contributed by atoms with van der Waals surface area (Å²) < 4.78 is 0. The SMILES string of the molecule is CC(C)CCCC1(C)C(CCC(C)C)CC2(CCC(C)C)C(=O)C1(C(=O)C(C)C)C(=O)C(CCC(C)C)C2O. The molecule has 4 heteroatoms. The first kappa shape index (κ1) is 34.2. The first-order chi connectivity index (χ1) is 18.0. The molecule has 2 aliphatic rings. The predicted octanol–water partition coefficient (Wildman–Crippen LogP) is 8.47. The third-order valence-corrected chi connectivity index (χ3v) is 10.5. The fourth-order valence-corrected chi connectivity index (χ4v) is 8.04. The lowest BCUT2D eigenvalue weighted by molar-refractivity contribution is -0.206. The van der Waals surface area contributed by atoms with Crippen LogP contribution in [0.4, 0.5) is 0 Å². The van der Waals surface area contributed by atoms with Gasteiger partial charge in [0, 0.05) is 11.8 Å². The summed E-state index contributed by atoms with van der Waals surface area (Å²) in [5.74, 6) is 0.0682. The lowest BCUT2D eigenvalue weighted by Gasteiger charge is -2.64. The Kier molecular flexibility index (Phi) is 11.7. The van der Waals surface area contributed by atoms with Crippen molar-refractivity contribution in [2.24, 2.45) is 57.7 Å². The summed E-state index contributed by atoms with van der Waals surface area (Å²) in [5.41, 5.74) is -3.41. The number of hydrogen-bond donors (Lipinski definition) is 1. The molecular weight excluding hydrogens is 484 g/mol. The first-order valence-corrected chi connectivity index (χ1v) is 16.3. The average Bonchev–Trinajstić information content (AvgIpc) is 2.81. The van der Waals surface area contributed by atoms with Crippen molar-refractivity contribution in [1.29, 1.82) is 0 Å². The Hall–Kier alpha value is -1.03. The average molecular weight is 547 g/mol. The largest absolute Gasteiger partial charge is 0.391 e. The summed E-state index contributed by atoms with van der Waals surface area (Å²) in [6.45, 7) is 23.3. The monoisotopic (exact) mass is 546 g/mol. The van der Waals surface area contributed by atoms with Crippen LogP contribution in [0.25, 0.3) is 0 Å². The molecule has 2 fully saturated rings. The number of Topliss-reactive ketones (excluding diaryl/α,β-unsaturated/α-hetero) is 3. The maximum absolute atomic E-state index is 15.1. The van der Waals surface area contributed by atoms with Crippen molar-refractivity contribution in [2.45, 2.75) is 146 Å². The van der Waals surface area contributed by atoms with Gasteiger partial charge >= 0.3 is 0 Å². The van der Waals surface area contributed by atoms with Crippen molar-refractivity contribution in [3.05, 3.63) is 0 Å². The molecule has 39 heavy (non-hydrogen) atoms. The van der Waals surface area contributed by atoms with Crippen LogP contribution in [0.2, 0.25) is 0 Å².